The Kier molecular flexibility index (Phi) is 7.39. The minimum atomic E-state index is -0.350. The quantitative estimate of drug-likeness (QED) is 0.531. The van der Waals surface area contributed by atoms with Crippen LogP contribution in [0.25, 0.3) is 0 Å². The average molecular weight is 273 g/mol. The Bertz CT molecular complexity index is 289. The Morgan fingerprint density at radius 1 is 1.32 bits per heavy atom. The number of piperazine rings is 1. The Balaban J connectivity index is 2.46. The number of rotatable bonds is 8. The van der Waals surface area contributed by atoms with Crippen LogP contribution in [0.3, 0.4) is 0 Å². The van der Waals surface area contributed by atoms with Gasteiger partial charge in [0.15, 0.2) is 0 Å². The van der Waals surface area contributed by atoms with E-state index in [0.717, 1.165) is 6.42 Å². The van der Waals surface area contributed by atoms with Gasteiger partial charge >= 0.3 is 0 Å². The molecule has 1 aliphatic heterocycles. The fraction of sp³-hybridized carbons (Fsp3) is 0.833. The van der Waals surface area contributed by atoms with Crippen molar-refractivity contribution in [3.05, 3.63) is 0 Å². The molecule has 0 aromatic heterocycles. The summed E-state index contributed by atoms with van der Waals surface area (Å²) < 4.78 is 10.0. The maximum atomic E-state index is 12.3. The van der Waals surface area contributed by atoms with Gasteiger partial charge < -0.3 is 19.7 Å². The molecular formula is C12H23N3O4. The summed E-state index contributed by atoms with van der Waals surface area (Å²) in [7, 11) is 3.25. The van der Waals surface area contributed by atoms with Gasteiger partial charge in [0.25, 0.3) is 0 Å². The zero-order valence-electron chi connectivity index (χ0n) is 11.6. The van der Waals surface area contributed by atoms with Crippen LogP contribution in [0.1, 0.15) is 6.42 Å². The van der Waals surface area contributed by atoms with E-state index in [9.17, 15) is 9.59 Å². The van der Waals surface area contributed by atoms with Crippen LogP contribution in [0.15, 0.2) is 0 Å². The van der Waals surface area contributed by atoms with E-state index in [-0.39, 0.29) is 24.4 Å². The molecule has 0 spiro atoms. The first-order valence-electron chi connectivity index (χ1n) is 6.45. The molecule has 0 saturated carbocycles. The average Bonchev–Trinajstić information content (AvgIpc) is 2.43. The summed E-state index contributed by atoms with van der Waals surface area (Å²) in [5.74, 6) is -0.0833. The molecule has 1 atom stereocenters. The highest BCUT2D eigenvalue weighted by molar-refractivity contribution is 5.86. The third kappa shape index (κ3) is 5.54. The predicted molar refractivity (Wildman–Crippen MR) is 69.7 cm³/mol. The number of hydrogen-bond donors (Lipinski definition) is 2. The SMILES string of the molecule is COCCCN(CCOC)C(=O)C1CNC(=O)CN1. The smallest absolute Gasteiger partial charge is 0.241 e. The lowest BCUT2D eigenvalue weighted by Crippen LogP contribution is -2.59. The standard InChI is InChI=1S/C12H23N3O4/c1-18-6-3-4-15(5-7-19-2)12(17)10-8-14-11(16)9-13-10/h10,13H,3-9H2,1-2H3,(H,14,16). The highest BCUT2D eigenvalue weighted by Gasteiger charge is 2.27. The summed E-state index contributed by atoms with van der Waals surface area (Å²) in [5, 5.41) is 5.63. The molecule has 19 heavy (non-hydrogen) atoms. The Labute approximate surface area is 113 Å². The summed E-state index contributed by atoms with van der Waals surface area (Å²) >= 11 is 0. The van der Waals surface area contributed by atoms with Gasteiger partial charge in [0, 0.05) is 40.5 Å². The zero-order chi connectivity index (χ0) is 14.1. The summed E-state index contributed by atoms with van der Waals surface area (Å²) in [4.78, 5) is 25.1. The van der Waals surface area contributed by atoms with Gasteiger partial charge in [0.1, 0.15) is 6.04 Å². The van der Waals surface area contributed by atoms with Crippen molar-refractivity contribution in [3.63, 3.8) is 0 Å². The third-order valence-electron chi connectivity index (χ3n) is 2.96. The van der Waals surface area contributed by atoms with Gasteiger partial charge in [0.05, 0.1) is 13.2 Å². The Hall–Kier alpha value is -1.18. The van der Waals surface area contributed by atoms with Crippen LogP contribution < -0.4 is 10.6 Å². The summed E-state index contributed by atoms with van der Waals surface area (Å²) in [6.45, 7) is 2.81. The molecule has 2 N–H and O–H groups in total. The second kappa shape index (κ2) is 8.84. The summed E-state index contributed by atoms with van der Waals surface area (Å²) in [6, 6.07) is -0.350. The van der Waals surface area contributed by atoms with Gasteiger partial charge in [0.2, 0.25) is 11.8 Å². The van der Waals surface area contributed by atoms with Gasteiger partial charge in [-0.3, -0.25) is 14.9 Å². The molecule has 1 unspecified atom stereocenters. The predicted octanol–water partition coefficient (Wildman–Crippen LogP) is -1.41. The van der Waals surface area contributed by atoms with Gasteiger partial charge in [-0.1, -0.05) is 0 Å². The lowest BCUT2D eigenvalue weighted by atomic mass is 10.2. The second-order valence-corrected chi connectivity index (χ2v) is 4.40. The summed E-state index contributed by atoms with van der Waals surface area (Å²) in [5.41, 5.74) is 0. The van der Waals surface area contributed by atoms with Crippen molar-refractivity contribution in [1.29, 1.82) is 0 Å². The number of amides is 2. The Morgan fingerprint density at radius 2 is 2.05 bits per heavy atom. The van der Waals surface area contributed by atoms with E-state index in [1.54, 1.807) is 19.1 Å². The van der Waals surface area contributed by atoms with E-state index in [1.165, 1.54) is 0 Å². The third-order valence-corrected chi connectivity index (χ3v) is 2.96. The lowest BCUT2D eigenvalue weighted by molar-refractivity contribution is -0.135. The van der Waals surface area contributed by atoms with Gasteiger partial charge in [-0.25, -0.2) is 0 Å². The van der Waals surface area contributed by atoms with E-state index in [0.29, 0.717) is 32.8 Å². The molecule has 1 heterocycles. The van der Waals surface area contributed by atoms with E-state index < -0.39 is 0 Å². The molecule has 7 nitrogen and oxygen atoms in total. The van der Waals surface area contributed by atoms with Crippen molar-refractivity contribution in [3.8, 4) is 0 Å². The van der Waals surface area contributed by atoms with Crippen LogP contribution in [-0.2, 0) is 19.1 Å². The summed E-state index contributed by atoms with van der Waals surface area (Å²) in [6.07, 6.45) is 0.783. The van der Waals surface area contributed by atoms with Gasteiger partial charge in [-0.2, -0.15) is 0 Å². The van der Waals surface area contributed by atoms with E-state index in [2.05, 4.69) is 10.6 Å². The molecule has 1 saturated heterocycles. The molecule has 2 amide bonds. The topological polar surface area (TPSA) is 79.9 Å². The van der Waals surface area contributed by atoms with Gasteiger partial charge in [-0.15, -0.1) is 0 Å². The van der Waals surface area contributed by atoms with Gasteiger partial charge in [-0.05, 0) is 6.42 Å². The molecule has 0 aromatic carbocycles. The minimum Gasteiger partial charge on any atom is -0.385 e. The van der Waals surface area contributed by atoms with Crippen molar-refractivity contribution < 1.29 is 19.1 Å². The van der Waals surface area contributed by atoms with Crippen LogP contribution >= 0.6 is 0 Å². The highest BCUT2D eigenvalue weighted by atomic mass is 16.5. The molecule has 0 aliphatic carbocycles. The van der Waals surface area contributed by atoms with Crippen molar-refractivity contribution in [1.82, 2.24) is 15.5 Å². The minimum absolute atomic E-state index is 0.00634. The maximum absolute atomic E-state index is 12.3. The largest absolute Gasteiger partial charge is 0.385 e. The highest BCUT2D eigenvalue weighted by Crippen LogP contribution is 2.00. The molecular weight excluding hydrogens is 250 g/mol. The van der Waals surface area contributed by atoms with Crippen LogP contribution in [0.2, 0.25) is 0 Å². The fourth-order valence-electron chi connectivity index (χ4n) is 1.89. The number of hydrogen-bond acceptors (Lipinski definition) is 5. The fourth-order valence-corrected chi connectivity index (χ4v) is 1.89. The van der Waals surface area contributed by atoms with E-state index in [1.807, 2.05) is 0 Å². The number of ether oxygens (including phenoxy) is 2. The lowest BCUT2D eigenvalue weighted by Gasteiger charge is -2.30. The van der Waals surface area contributed by atoms with Crippen molar-refractivity contribution in [2.24, 2.45) is 0 Å². The van der Waals surface area contributed by atoms with Crippen LogP contribution in [-0.4, -0.2) is 76.4 Å². The second-order valence-electron chi connectivity index (χ2n) is 4.40. The first-order chi connectivity index (χ1) is 9.19. The van der Waals surface area contributed by atoms with Crippen LogP contribution in [0, 0.1) is 0 Å². The van der Waals surface area contributed by atoms with Crippen molar-refractivity contribution in [2.75, 3.05) is 53.6 Å². The van der Waals surface area contributed by atoms with Crippen molar-refractivity contribution >= 4 is 11.8 Å². The molecule has 7 heteroatoms. The first-order valence-corrected chi connectivity index (χ1v) is 6.45. The normalized spacial score (nSPS) is 19.1. The molecule has 1 aliphatic rings. The molecule has 110 valence electrons. The molecule has 1 rings (SSSR count). The molecule has 1 fully saturated rings. The zero-order valence-corrected chi connectivity index (χ0v) is 11.6. The van der Waals surface area contributed by atoms with Crippen molar-refractivity contribution in [2.45, 2.75) is 12.5 Å². The first kappa shape index (κ1) is 15.9. The van der Waals surface area contributed by atoms with Crippen LogP contribution in [0.4, 0.5) is 0 Å². The van der Waals surface area contributed by atoms with E-state index >= 15 is 0 Å². The Morgan fingerprint density at radius 3 is 2.63 bits per heavy atom. The molecule has 0 radical (unpaired) electrons. The maximum Gasteiger partial charge on any atom is 0.241 e. The van der Waals surface area contributed by atoms with Crippen LogP contribution in [0.5, 0.6) is 0 Å². The molecule has 0 aromatic rings. The number of nitrogens with one attached hydrogen (secondary N) is 2. The van der Waals surface area contributed by atoms with E-state index in [4.69, 9.17) is 9.47 Å². The number of methoxy groups -OCH3 is 2. The number of carbonyl (C=O) groups is 2. The monoisotopic (exact) mass is 273 g/mol. The molecule has 0 bridgehead atoms. The number of carbonyl (C=O) groups excluding carboxylic acids is 2. The number of nitrogens with zero attached hydrogens (tertiary/aromatic N) is 1.